The number of pyridine rings is 1. The van der Waals surface area contributed by atoms with Crippen LogP contribution in [0, 0.1) is 0 Å². The van der Waals surface area contributed by atoms with Gasteiger partial charge in [0.15, 0.2) is 5.78 Å². The molecule has 0 bridgehead atoms. The Labute approximate surface area is 134 Å². The Morgan fingerprint density at radius 1 is 1.13 bits per heavy atom. The Hall–Kier alpha value is -2.95. The van der Waals surface area contributed by atoms with Gasteiger partial charge in [-0.15, -0.1) is 0 Å². The lowest BCUT2D eigenvalue weighted by Gasteiger charge is -2.07. The fraction of sp³-hybridized carbons (Fsp3) is 0.167. The lowest BCUT2D eigenvalue weighted by molar-refractivity contribution is 0.0822. The number of Topliss-reactive ketones (excluding diaryl/α,β-unsaturated/α-hetero) is 1. The van der Waals surface area contributed by atoms with E-state index in [0.717, 1.165) is 10.9 Å². The molecule has 2 heterocycles. The van der Waals surface area contributed by atoms with Gasteiger partial charge in [0, 0.05) is 37.7 Å². The van der Waals surface area contributed by atoms with E-state index >= 15 is 0 Å². The first-order chi connectivity index (χ1) is 11.0. The molecule has 0 saturated carbocycles. The van der Waals surface area contributed by atoms with Gasteiger partial charge in [-0.05, 0) is 17.7 Å². The molecule has 0 atom stereocenters. The van der Waals surface area contributed by atoms with Gasteiger partial charge in [-0.3, -0.25) is 9.59 Å². The van der Waals surface area contributed by atoms with Crippen molar-refractivity contribution < 1.29 is 9.59 Å². The Morgan fingerprint density at radius 2 is 1.87 bits per heavy atom. The average molecular weight is 307 g/mol. The number of carbonyl (C=O) groups is 2. The second-order valence-electron chi connectivity index (χ2n) is 5.63. The highest BCUT2D eigenvalue weighted by Gasteiger charge is 2.13. The summed E-state index contributed by atoms with van der Waals surface area (Å²) >= 11 is 0. The molecule has 5 nitrogen and oxygen atoms in total. The van der Waals surface area contributed by atoms with E-state index in [1.165, 1.54) is 4.90 Å². The molecule has 0 unspecified atom stereocenters. The molecule has 1 amide bonds. The van der Waals surface area contributed by atoms with Gasteiger partial charge in [-0.1, -0.05) is 30.3 Å². The number of hydrogen-bond acceptors (Lipinski definition) is 3. The molecule has 5 heteroatoms. The van der Waals surface area contributed by atoms with Crippen LogP contribution in [0.25, 0.3) is 11.0 Å². The normalized spacial score (nSPS) is 10.7. The SMILES string of the molecule is CN(C)C(=O)c1cc2cc(CC(=O)c3ccccc3)cnc2[nH]1. The van der Waals surface area contributed by atoms with Gasteiger partial charge in [-0.2, -0.15) is 0 Å². The summed E-state index contributed by atoms with van der Waals surface area (Å²) in [6.45, 7) is 0. The summed E-state index contributed by atoms with van der Waals surface area (Å²) in [6, 6.07) is 12.8. The molecule has 0 aliphatic heterocycles. The minimum atomic E-state index is -0.107. The Balaban J connectivity index is 1.85. The third kappa shape index (κ3) is 3.13. The van der Waals surface area contributed by atoms with Crippen molar-refractivity contribution in [2.24, 2.45) is 0 Å². The van der Waals surface area contributed by atoms with Crippen molar-refractivity contribution in [3.63, 3.8) is 0 Å². The van der Waals surface area contributed by atoms with Crippen molar-refractivity contribution in [1.82, 2.24) is 14.9 Å². The molecule has 1 N–H and O–H groups in total. The number of ketones is 1. The first kappa shape index (κ1) is 15.0. The maximum Gasteiger partial charge on any atom is 0.269 e. The van der Waals surface area contributed by atoms with E-state index in [-0.39, 0.29) is 18.1 Å². The van der Waals surface area contributed by atoms with E-state index < -0.39 is 0 Å². The fourth-order valence-corrected chi connectivity index (χ4v) is 2.43. The lowest BCUT2D eigenvalue weighted by Crippen LogP contribution is -2.21. The van der Waals surface area contributed by atoms with Crippen LogP contribution in [-0.4, -0.2) is 40.7 Å². The number of nitrogens with one attached hydrogen (secondary N) is 1. The molecular weight excluding hydrogens is 290 g/mol. The van der Waals surface area contributed by atoms with Gasteiger partial charge >= 0.3 is 0 Å². The molecule has 116 valence electrons. The zero-order valence-electron chi connectivity index (χ0n) is 13.0. The molecule has 1 aromatic carbocycles. The molecule has 2 aromatic heterocycles. The minimum absolute atomic E-state index is 0.0480. The van der Waals surface area contributed by atoms with Crippen molar-refractivity contribution in [1.29, 1.82) is 0 Å². The zero-order valence-corrected chi connectivity index (χ0v) is 13.0. The average Bonchev–Trinajstić information content (AvgIpc) is 2.98. The van der Waals surface area contributed by atoms with Gasteiger partial charge < -0.3 is 9.88 Å². The summed E-state index contributed by atoms with van der Waals surface area (Å²) in [4.78, 5) is 33.0. The summed E-state index contributed by atoms with van der Waals surface area (Å²) in [5, 5.41) is 0.827. The first-order valence-electron chi connectivity index (χ1n) is 7.32. The third-order valence-corrected chi connectivity index (χ3v) is 3.62. The van der Waals surface area contributed by atoms with Crippen LogP contribution < -0.4 is 0 Å². The van der Waals surface area contributed by atoms with Crippen LogP contribution in [0.15, 0.2) is 48.7 Å². The van der Waals surface area contributed by atoms with Crippen molar-refractivity contribution in [2.45, 2.75) is 6.42 Å². The molecular formula is C18H17N3O2. The van der Waals surface area contributed by atoms with E-state index in [2.05, 4.69) is 9.97 Å². The predicted octanol–water partition coefficient (Wildman–Crippen LogP) is 2.69. The molecule has 3 aromatic rings. The number of carbonyl (C=O) groups excluding carboxylic acids is 2. The molecule has 0 saturated heterocycles. The number of aromatic nitrogens is 2. The summed E-state index contributed by atoms with van der Waals surface area (Å²) < 4.78 is 0. The fourth-order valence-electron chi connectivity index (χ4n) is 2.43. The van der Waals surface area contributed by atoms with Gasteiger partial charge in [-0.25, -0.2) is 4.98 Å². The van der Waals surface area contributed by atoms with Crippen molar-refractivity contribution in [3.05, 3.63) is 65.5 Å². The van der Waals surface area contributed by atoms with E-state index in [0.29, 0.717) is 16.9 Å². The predicted molar refractivity (Wildman–Crippen MR) is 88.6 cm³/mol. The van der Waals surface area contributed by atoms with E-state index in [9.17, 15) is 9.59 Å². The van der Waals surface area contributed by atoms with Crippen LogP contribution in [0.2, 0.25) is 0 Å². The standard InChI is InChI=1S/C18H17N3O2/c1-21(2)18(23)15-10-14-8-12(11-19-17(14)20-15)9-16(22)13-6-4-3-5-7-13/h3-8,10-11H,9H2,1-2H3,(H,19,20). The number of fused-ring (bicyclic) bond motifs is 1. The van der Waals surface area contributed by atoms with E-state index in [4.69, 9.17) is 0 Å². The Bertz CT molecular complexity index is 866. The maximum atomic E-state index is 12.3. The largest absolute Gasteiger partial charge is 0.344 e. The summed E-state index contributed by atoms with van der Waals surface area (Å²) in [5.74, 6) is -0.0585. The molecule has 0 fully saturated rings. The number of hydrogen-bond donors (Lipinski definition) is 1. The van der Waals surface area contributed by atoms with E-state index in [1.807, 2.05) is 24.3 Å². The van der Waals surface area contributed by atoms with Gasteiger partial charge in [0.2, 0.25) is 0 Å². The first-order valence-corrected chi connectivity index (χ1v) is 7.32. The third-order valence-electron chi connectivity index (χ3n) is 3.62. The van der Waals surface area contributed by atoms with Crippen LogP contribution in [0.5, 0.6) is 0 Å². The van der Waals surface area contributed by atoms with Crippen LogP contribution >= 0.6 is 0 Å². The highest BCUT2D eigenvalue weighted by Crippen LogP contribution is 2.17. The molecule has 3 rings (SSSR count). The maximum absolute atomic E-state index is 12.3. The molecule has 0 spiro atoms. The Morgan fingerprint density at radius 3 is 2.57 bits per heavy atom. The number of rotatable bonds is 4. The van der Waals surface area contributed by atoms with Crippen molar-refractivity contribution in [3.8, 4) is 0 Å². The van der Waals surface area contributed by atoms with Crippen LogP contribution in [0.1, 0.15) is 26.4 Å². The summed E-state index contributed by atoms with van der Waals surface area (Å²) in [6.07, 6.45) is 1.96. The highest BCUT2D eigenvalue weighted by atomic mass is 16.2. The molecule has 0 radical (unpaired) electrons. The topological polar surface area (TPSA) is 66.1 Å². The van der Waals surface area contributed by atoms with Gasteiger partial charge in [0.1, 0.15) is 11.3 Å². The molecule has 0 aliphatic rings. The molecule has 0 aliphatic carbocycles. The number of benzene rings is 1. The van der Waals surface area contributed by atoms with Crippen LogP contribution in [0.4, 0.5) is 0 Å². The Kier molecular flexibility index (Phi) is 3.93. The molecule has 23 heavy (non-hydrogen) atoms. The monoisotopic (exact) mass is 307 g/mol. The number of H-pyrrole nitrogens is 1. The minimum Gasteiger partial charge on any atom is -0.344 e. The van der Waals surface area contributed by atoms with Crippen LogP contribution in [0.3, 0.4) is 0 Å². The summed E-state index contributed by atoms with van der Waals surface area (Å²) in [5.41, 5.74) is 2.65. The number of aromatic amines is 1. The number of nitrogens with zero attached hydrogens (tertiary/aromatic N) is 2. The number of amides is 1. The van der Waals surface area contributed by atoms with Gasteiger partial charge in [0.05, 0.1) is 0 Å². The van der Waals surface area contributed by atoms with E-state index in [1.54, 1.807) is 38.5 Å². The van der Waals surface area contributed by atoms with Crippen molar-refractivity contribution in [2.75, 3.05) is 14.1 Å². The zero-order chi connectivity index (χ0) is 16.4. The second-order valence-corrected chi connectivity index (χ2v) is 5.63. The van der Waals surface area contributed by atoms with Crippen molar-refractivity contribution >= 4 is 22.7 Å². The van der Waals surface area contributed by atoms with Crippen LogP contribution in [-0.2, 0) is 6.42 Å². The summed E-state index contributed by atoms with van der Waals surface area (Å²) in [7, 11) is 3.40. The quantitative estimate of drug-likeness (QED) is 0.754. The highest BCUT2D eigenvalue weighted by molar-refractivity contribution is 5.99. The smallest absolute Gasteiger partial charge is 0.269 e. The van der Waals surface area contributed by atoms with Gasteiger partial charge in [0.25, 0.3) is 5.91 Å². The second kappa shape index (κ2) is 6.04. The lowest BCUT2D eigenvalue weighted by atomic mass is 10.0.